The Morgan fingerprint density at radius 2 is 2.30 bits per heavy atom. The number of hydrogen-bond donors (Lipinski definition) is 1. The van der Waals surface area contributed by atoms with Gasteiger partial charge in [0.25, 0.3) is 0 Å². The highest BCUT2D eigenvalue weighted by Gasteiger charge is 2.26. The fourth-order valence-corrected chi connectivity index (χ4v) is 2.37. The van der Waals surface area contributed by atoms with Crippen LogP contribution in [0.25, 0.3) is 0 Å². The lowest BCUT2D eigenvalue weighted by Crippen LogP contribution is -2.16. The van der Waals surface area contributed by atoms with E-state index >= 15 is 0 Å². The van der Waals surface area contributed by atoms with Crippen LogP contribution in [-0.2, 0) is 6.54 Å². The number of benzene rings is 1. The number of nitrogens with zero attached hydrogens (tertiary/aromatic N) is 2. The van der Waals surface area contributed by atoms with Gasteiger partial charge in [0.2, 0.25) is 5.89 Å². The smallest absolute Gasteiger partial charge is 0.240 e. The van der Waals surface area contributed by atoms with Crippen LogP contribution in [0.5, 0.6) is 5.75 Å². The SMILES string of the molecule is C=CCNCc1nc(C2CCOc3ccccc32)no1. The first-order chi connectivity index (χ1) is 9.88. The van der Waals surface area contributed by atoms with E-state index < -0.39 is 0 Å². The van der Waals surface area contributed by atoms with Gasteiger partial charge >= 0.3 is 0 Å². The molecule has 1 N–H and O–H groups in total. The highest BCUT2D eigenvalue weighted by atomic mass is 16.5. The molecule has 1 unspecified atom stereocenters. The number of hydrogen-bond acceptors (Lipinski definition) is 5. The predicted molar refractivity (Wildman–Crippen MR) is 74.6 cm³/mol. The van der Waals surface area contributed by atoms with Crippen molar-refractivity contribution in [3.8, 4) is 5.75 Å². The molecule has 1 aromatic carbocycles. The lowest BCUT2D eigenvalue weighted by molar-refractivity contribution is 0.272. The number of ether oxygens (including phenoxy) is 1. The summed E-state index contributed by atoms with van der Waals surface area (Å²) in [6, 6.07) is 8.02. The minimum atomic E-state index is 0.150. The molecular weight excluding hydrogens is 254 g/mol. The largest absolute Gasteiger partial charge is 0.493 e. The zero-order valence-electron chi connectivity index (χ0n) is 11.2. The Labute approximate surface area is 117 Å². The molecule has 0 spiro atoms. The quantitative estimate of drug-likeness (QED) is 0.667. The topological polar surface area (TPSA) is 60.2 Å². The molecule has 1 atom stereocenters. The maximum Gasteiger partial charge on any atom is 0.240 e. The Kier molecular flexibility index (Phi) is 3.78. The second kappa shape index (κ2) is 5.88. The Morgan fingerprint density at radius 3 is 3.20 bits per heavy atom. The van der Waals surface area contributed by atoms with Gasteiger partial charge in [-0.1, -0.05) is 29.4 Å². The lowest BCUT2D eigenvalue weighted by atomic mass is 9.92. The number of para-hydroxylation sites is 1. The molecule has 1 aromatic heterocycles. The van der Waals surface area contributed by atoms with Crippen LogP contribution < -0.4 is 10.1 Å². The number of nitrogens with one attached hydrogen (secondary N) is 1. The minimum absolute atomic E-state index is 0.150. The van der Waals surface area contributed by atoms with Crippen molar-refractivity contribution in [1.82, 2.24) is 15.5 Å². The van der Waals surface area contributed by atoms with Gasteiger partial charge < -0.3 is 14.6 Å². The van der Waals surface area contributed by atoms with E-state index in [2.05, 4.69) is 28.1 Å². The summed E-state index contributed by atoms with van der Waals surface area (Å²) in [5.74, 6) is 2.40. The van der Waals surface area contributed by atoms with E-state index in [9.17, 15) is 0 Å². The van der Waals surface area contributed by atoms with Gasteiger partial charge in [-0.15, -0.1) is 6.58 Å². The summed E-state index contributed by atoms with van der Waals surface area (Å²) in [6.07, 6.45) is 2.67. The van der Waals surface area contributed by atoms with Crippen molar-refractivity contribution in [2.45, 2.75) is 18.9 Å². The van der Waals surface area contributed by atoms with E-state index in [0.717, 1.165) is 30.1 Å². The molecule has 0 bridgehead atoms. The lowest BCUT2D eigenvalue weighted by Gasteiger charge is -2.23. The maximum atomic E-state index is 5.65. The molecule has 104 valence electrons. The van der Waals surface area contributed by atoms with Crippen LogP contribution in [0.3, 0.4) is 0 Å². The Morgan fingerprint density at radius 1 is 1.40 bits per heavy atom. The molecule has 0 amide bonds. The van der Waals surface area contributed by atoms with Crippen molar-refractivity contribution in [2.75, 3.05) is 13.2 Å². The number of aromatic nitrogens is 2. The molecule has 5 heteroatoms. The first kappa shape index (κ1) is 12.9. The third-order valence-corrected chi connectivity index (χ3v) is 3.32. The molecule has 20 heavy (non-hydrogen) atoms. The molecular formula is C15H17N3O2. The van der Waals surface area contributed by atoms with Crippen molar-refractivity contribution in [3.63, 3.8) is 0 Å². The second-order valence-electron chi connectivity index (χ2n) is 4.69. The van der Waals surface area contributed by atoms with Gasteiger partial charge in [0, 0.05) is 12.1 Å². The summed E-state index contributed by atoms with van der Waals surface area (Å²) >= 11 is 0. The van der Waals surface area contributed by atoms with Gasteiger partial charge in [0.05, 0.1) is 19.1 Å². The summed E-state index contributed by atoms with van der Waals surface area (Å²) in [5, 5.41) is 7.26. The predicted octanol–water partition coefficient (Wildman–Crippen LogP) is 2.26. The summed E-state index contributed by atoms with van der Waals surface area (Å²) in [4.78, 5) is 4.47. The van der Waals surface area contributed by atoms with Crippen molar-refractivity contribution in [1.29, 1.82) is 0 Å². The van der Waals surface area contributed by atoms with Gasteiger partial charge in [0.1, 0.15) is 5.75 Å². The third kappa shape index (κ3) is 2.58. The highest BCUT2D eigenvalue weighted by molar-refractivity contribution is 5.40. The molecule has 2 heterocycles. The van der Waals surface area contributed by atoms with Gasteiger partial charge in [-0.3, -0.25) is 0 Å². The van der Waals surface area contributed by atoms with Gasteiger partial charge in [-0.2, -0.15) is 4.98 Å². The molecule has 2 aromatic rings. The number of fused-ring (bicyclic) bond motifs is 1. The summed E-state index contributed by atoms with van der Waals surface area (Å²) in [7, 11) is 0. The van der Waals surface area contributed by atoms with Crippen molar-refractivity contribution in [2.24, 2.45) is 0 Å². The Hall–Kier alpha value is -2.14. The molecule has 0 saturated carbocycles. The number of rotatable bonds is 5. The normalized spacial score (nSPS) is 17.3. The summed E-state index contributed by atoms with van der Waals surface area (Å²) < 4.78 is 10.9. The van der Waals surface area contributed by atoms with E-state index in [1.807, 2.05) is 18.2 Å². The van der Waals surface area contributed by atoms with Crippen molar-refractivity contribution in [3.05, 3.63) is 54.2 Å². The van der Waals surface area contributed by atoms with Crippen molar-refractivity contribution < 1.29 is 9.26 Å². The van der Waals surface area contributed by atoms with Crippen LogP contribution >= 0.6 is 0 Å². The van der Waals surface area contributed by atoms with Crippen LogP contribution in [-0.4, -0.2) is 23.3 Å². The first-order valence-electron chi connectivity index (χ1n) is 6.74. The highest BCUT2D eigenvalue weighted by Crippen LogP contribution is 2.36. The molecule has 0 saturated heterocycles. The zero-order valence-corrected chi connectivity index (χ0v) is 11.2. The van der Waals surface area contributed by atoms with Crippen molar-refractivity contribution >= 4 is 0 Å². The Bertz CT molecular complexity index is 594. The monoisotopic (exact) mass is 271 g/mol. The zero-order chi connectivity index (χ0) is 13.8. The molecule has 0 aliphatic carbocycles. The van der Waals surface area contributed by atoms with E-state index in [0.29, 0.717) is 19.0 Å². The van der Waals surface area contributed by atoms with Crippen LogP contribution in [0, 0.1) is 0 Å². The molecule has 1 aliphatic rings. The molecule has 5 nitrogen and oxygen atoms in total. The van der Waals surface area contributed by atoms with E-state index in [-0.39, 0.29) is 5.92 Å². The summed E-state index contributed by atoms with van der Waals surface area (Å²) in [5.41, 5.74) is 1.13. The third-order valence-electron chi connectivity index (χ3n) is 3.32. The van der Waals surface area contributed by atoms with Crippen LogP contribution in [0.1, 0.15) is 29.6 Å². The van der Waals surface area contributed by atoms with Crippen LogP contribution in [0.2, 0.25) is 0 Å². The van der Waals surface area contributed by atoms with E-state index in [1.54, 1.807) is 6.08 Å². The van der Waals surface area contributed by atoms with E-state index in [4.69, 9.17) is 9.26 Å². The average molecular weight is 271 g/mol. The molecule has 1 aliphatic heterocycles. The van der Waals surface area contributed by atoms with Gasteiger partial charge in [-0.05, 0) is 12.5 Å². The molecule has 0 fully saturated rings. The fourth-order valence-electron chi connectivity index (χ4n) is 2.37. The molecule has 0 radical (unpaired) electrons. The Balaban J connectivity index is 1.78. The second-order valence-corrected chi connectivity index (χ2v) is 4.69. The minimum Gasteiger partial charge on any atom is -0.493 e. The van der Waals surface area contributed by atoms with Crippen LogP contribution in [0.4, 0.5) is 0 Å². The van der Waals surface area contributed by atoms with Gasteiger partial charge in [-0.25, -0.2) is 0 Å². The van der Waals surface area contributed by atoms with Crippen LogP contribution in [0.15, 0.2) is 41.4 Å². The standard InChI is InChI=1S/C15H17N3O2/c1-2-8-16-10-14-17-15(18-20-14)12-7-9-19-13-6-4-3-5-11(12)13/h2-6,12,16H,1,7-10H2. The maximum absolute atomic E-state index is 5.65. The fraction of sp³-hybridized carbons (Fsp3) is 0.333. The van der Waals surface area contributed by atoms with Gasteiger partial charge in [0.15, 0.2) is 5.82 Å². The van der Waals surface area contributed by atoms with E-state index in [1.165, 1.54) is 0 Å². The first-order valence-corrected chi connectivity index (χ1v) is 6.74. The summed E-state index contributed by atoms with van der Waals surface area (Å²) in [6.45, 7) is 5.61. The average Bonchev–Trinajstić information content (AvgIpc) is 2.96. The molecule has 3 rings (SSSR count).